The lowest BCUT2D eigenvalue weighted by molar-refractivity contribution is -0.119. The summed E-state index contributed by atoms with van der Waals surface area (Å²) in [6, 6.07) is 0. The van der Waals surface area contributed by atoms with E-state index in [0.717, 1.165) is 37.6 Å². The van der Waals surface area contributed by atoms with E-state index in [1.54, 1.807) is 11.9 Å². The molecule has 1 amide bonds. The van der Waals surface area contributed by atoms with Gasteiger partial charge in [-0.2, -0.15) is 5.11 Å². The average Bonchev–Trinajstić information content (AvgIpc) is 2.77. The van der Waals surface area contributed by atoms with Gasteiger partial charge in [-0.05, 0) is 14.0 Å². The zero-order chi connectivity index (χ0) is 13.4. The molecule has 1 aliphatic heterocycles. The number of hydrogen-bond donors (Lipinski definition) is 0. The highest BCUT2D eigenvalue weighted by atomic mass is 32.1. The first-order valence-corrected chi connectivity index (χ1v) is 6.45. The van der Waals surface area contributed by atoms with Gasteiger partial charge >= 0.3 is 0 Å². The second-order valence-corrected chi connectivity index (χ2v) is 5.01. The van der Waals surface area contributed by atoms with Crippen LogP contribution in [0.5, 0.6) is 0 Å². The number of hydrogen-bond acceptors (Lipinski definition) is 7. The van der Waals surface area contributed by atoms with Gasteiger partial charge in [0.2, 0.25) is 6.41 Å². The first kappa shape index (κ1) is 17.6. The molecule has 0 saturated carbocycles. The van der Waals surface area contributed by atoms with Crippen molar-refractivity contribution in [3.05, 3.63) is 5.01 Å². The minimum Gasteiger partial charge on any atom is -0.343 e. The van der Waals surface area contributed by atoms with E-state index in [4.69, 9.17) is 0 Å². The van der Waals surface area contributed by atoms with Crippen molar-refractivity contribution in [2.24, 2.45) is 10.2 Å². The number of aromatic nitrogens is 2. The summed E-state index contributed by atoms with van der Waals surface area (Å²) in [6.07, 6.45) is 0.924. The molecule has 8 heteroatoms. The lowest BCUT2D eigenvalue weighted by atomic mass is 10.4. The van der Waals surface area contributed by atoms with Crippen LogP contribution < -0.4 is 0 Å². The van der Waals surface area contributed by atoms with Crippen LogP contribution in [-0.2, 0) is 4.79 Å². The van der Waals surface area contributed by atoms with Crippen LogP contribution in [0, 0.1) is 6.92 Å². The Labute approximate surface area is 118 Å². The van der Waals surface area contributed by atoms with E-state index in [1.165, 1.54) is 11.3 Å². The van der Waals surface area contributed by atoms with Crippen LogP contribution in [-0.4, -0.2) is 66.7 Å². The van der Waals surface area contributed by atoms with Crippen LogP contribution in [0.25, 0.3) is 0 Å². The first-order valence-electron chi connectivity index (χ1n) is 5.63. The molecule has 0 radical (unpaired) electrons. The fraction of sp³-hybridized carbons (Fsp3) is 0.727. The topological polar surface area (TPSA) is 74.0 Å². The number of likely N-dealkylation sites (N-methyl/N-ethyl adjacent to an activating group) is 1. The number of rotatable bonds is 2. The van der Waals surface area contributed by atoms with E-state index < -0.39 is 0 Å². The Morgan fingerprint density at radius 2 is 1.89 bits per heavy atom. The molecule has 0 unspecified atom stereocenters. The Hall–Kier alpha value is -1.41. The van der Waals surface area contributed by atoms with E-state index in [0.29, 0.717) is 5.13 Å². The molecule has 1 fully saturated rings. The predicted molar refractivity (Wildman–Crippen MR) is 77.0 cm³/mol. The molecule has 0 spiro atoms. The van der Waals surface area contributed by atoms with Crippen LogP contribution in [0.2, 0.25) is 0 Å². The molecule has 19 heavy (non-hydrogen) atoms. The zero-order valence-electron chi connectivity index (χ0n) is 10.9. The summed E-state index contributed by atoms with van der Waals surface area (Å²) < 4.78 is 0. The van der Waals surface area contributed by atoms with Crippen molar-refractivity contribution < 1.29 is 4.79 Å². The van der Waals surface area contributed by atoms with E-state index in [-0.39, 0.29) is 7.43 Å². The number of nitrogens with zero attached hydrogens (tertiary/aromatic N) is 6. The van der Waals surface area contributed by atoms with Crippen LogP contribution >= 0.6 is 11.3 Å². The van der Waals surface area contributed by atoms with Gasteiger partial charge in [-0.25, -0.2) is 0 Å². The van der Waals surface area contributed by atoms with Gasteiger partial charge in [0.1, 0.15) is 5.01 Å². The largest absolute Gasteiger partial charge is 0.343 e. The molecule has 0 atom stereocenters. The number of aryl methyl sites for hydroxylation is 1. The maximum atomic E-state index is 10.2. The summed E-state index contributed by atoms with van der Waals surface area (Å²) in [5, 5.41) is 16.2. The molecule has 0 N–H and O–H groups in total. The normalized spacial score (nSPS) is 15.6. The van der Waals surface area contributed by atoms with Crippen LogP contribution in [0.15, 0.2) is 10.2 Å². The molecule has 108 valence electrons. The van der Waals surface area contributed by atoms with Gasteiger partial charge < -0.3 is 9.80 Å². The van der Waals surface area contributed by atoms with Crippen molar-refractivity contribution in [3.63, 3.8) is 0 Å². The summed E-state index contributed by atoms with van der Waals surface area (Å²) in [6.45, 7) is 5.68. The molecule has 2 heterocycles. The lowest BCUT2D eigenvalue weighted by Gasteiger charge is -2.29. The molecule has 2 rings (SSSR count). The highest BCUT2D eigenvalue weighted by Gasteiger charge is 2.10. The molecule has 0 bridgehead atoms. The van der Waals surface area contributed by atoms with Crippen LogP contribution in [0.3, 0.4) is 0 Å². The molecular formula is C11H22N6OS. The van der Waals surface area contributed by atoms with E-state index >= 15 is 0 Å². The fourth-order valence-corrected chi connectivity index (χ4v) is 1.89. The van der Waals surface area contributed by atoms with Crippen molar-refractivity contribution in [1.29, 1.82) is 0 Å². The van der Waals surface area contributed by atoms with Gasteiger partial charge in [0.05, 0.1) is 0 Å². The second-order valence-electron chi connectivity index (χ2n) is 3.85. The summed E-state index contributed by atoms with van der Waals surface area (Å²) in [7, 11) is 3.68. The third-order valence-corrected chi connectivity index (χ3v) is 3.11. The number of amides is 1. The molecular weight excluding hydrogens is 264 g/mol. The highest BCUT2D eigenvalue weighted by molar-refractivity contribution is 7.14. The van der Waals surface area contributed by atoms with Gasteiger partial charge in [-0.15, -0.1) is 15.3 Å². The summed E-state index contributed by atoms with van der Waals surface area (Å²) in [5.41, 5.74) is 0. The van der Waals surface area contributed by atoms with Crippen molar-refractivity contribution in [2.45, 2.75) is 14.4 Å². The standard InChI is InChI=1S/C6H12N2O.C4H6N4S.CH4/c1-7-2-4-8(6-9)5-3-7;1-3-6-8-4(9-3)7-5-2;/h6H,2-5H2,1H3;1-2H3;1H4. The predicted octanol–water partition coefficient (Wildman–Crippen LogP) is 1.59. The third kappa shape index (κ3) is 6.92. The average molecular weight is 286 g/mol. The van der Waals surface area contributed by atoms with Crippen LogP contribution in [0.4, 0.5) is 5.13 Å². The Kier molecular flexibility index (Phi) is 8.81. The third-order valence-electron chi connectivity index (χ3n) is 2.39. The summed E-state index contributed by atoms with van der Waals surface area (Å²) >= 11 is 1.43. The van der Waals surface area contributed by atoms with Crippen LogP contribution in [0.1, 0.15) is 12.4 Å². The number of piperazine rings is 1. The molecule has 7 nitrogen and oxygen atoms in total. The SMILES string of the molecule is C.CN1CCN(C=O)CC1.CN=Nc1nnc(C)s1. The van der Waals surface area contributed by atoms with Gasteiger partial charge in [-0.3, -0.25) is 4.79 Å². The van der Waals surface area contributed by atoms with Gasteiger partial charge in [0, 0.05) is 33.2 Å². The Balaban J connectivity index is 0.000000324. The summed E-state index contributed by atoms with van der Waals surface area (Å²) in [4.78, 5) is 14.2. The van der Waals surface area contributed by atoms with Gasteiger partial charge in [0.15, 0.2) is 0 Å². The molecule has 1 saturated heterocycles. The molecule has 1 aromatic heterocycles. The smallest absolute Gasteiger partial charge is 0.251 e. The van der Waals surface area contributed by atoms with Crippen molar-refractivity contribution in [3.8, 4) is 0 Å². The second kappa shape index (κ2) is 9.51. The quantitative estimate of drug-likeness (QED) is 0.611. The van der Waals surface area contributed by atoms with E-state index in [1.807, 2.05) is 6.92 Å². The number of azo groups is 1. The molecule has 0 aromatic carbocycles. The molecule has 1 aromatic rings. The Bertz CT molecular complexity index is 386. The van der Waals surface area contributed by atoms with Crippen molar-refractivity contribution >= 4 is 22.9 Å². The maximum Gasteiger partial charge on any atom is 0.251 e. The monoisotopic (exact) mass is 286 g/mol. The number of carbonyl (C=O) groups is 1. The Morgan fingerprint density at radius 3 is 2.32 bits per heavy atom. The van der Waals surface area contributed by atoms with Gasteiger partial charge in [0.25, 0.3) is 5.13 Å². The maximum absolute atomic E-state index is 10.2. The van der Waals surface area contributed by atoms with E-state index in [2.05, 4.69) is 32.4 Å². The van der Waals surface area contributed by atoms with E-state index in [9.17, 15) is 4.79 Å². The minimum absolute atomic E-state index is 0. The highest BCUT2D eigenvalue weighted by Crippen LogP contribution is 2.16. The van der Waals surface area contributed by atoms with Crippen molar-refractivity contribution in [1.82, 2.24) is 20.0 Å². The lowest BCUT2D eigenvalue weighted by Crippen LogP contribution is -2.43. The van der Waals surface area contributed by atoms with Crippen molar-refractivity contribution in [2.75, 3.05) is 40.3 Å². The van der Waals surface area contributed by atoms with Gasteiger partial charge in [-0.1, -0.05) is 18.8 Å². The fourth-order valence-electron chi connectivity index (χ4n) is 1.34. The molecule has 0 aliphatic carbocycles. The molecule has 1 aliphatic rings. The zero-order valence-corrected chi connectivity index (χ0v) is 11.7. The number of carbonyl (C=O) groups excluding carboxylic acids is 1. The minimum atomic E-state index is 0. The Morgan fingerprint density at radius 1 is 1.26 bits per heavy atom. The summed E-state index contributed by atoms with van der Waals surface area (Å²) in [5.74, 6) is 0. The first-order chi connectivity index (χ1) is 8.65.